The monoisotopic (exact) mass is 423 g/mol. The number of para-hydroxylation sites is 1. The van der Waals surface area contributed by atoms with Crippen LogP contribution < -0.4 is 10.2 Å². The number of rotatable bonds is 7. The van der Waals surface area contributed by atoms with E-state index in [0.29, 0.717) is 38.9 Å². The number of likely N-dealkylation sites (tertiary alicyclic amines) is 1. The normalized spacial score (nSPS) is 18.6. The number of piperidine rings is 1. The van der Waals surface area contributed by atoms with Crippen LogP contribution in [-0.2, 0) is 22.4 Å². The van der Waals surface area contributed by atoms with E-state index < -0.39 is 0 Å². The van der Waals surface area contributed by atoms with E-state index in [0.717, 1.165) is 31.5 Å². The molecule has 1 fully saturated rings. The number of benzene rings is 2. The maximum absolute atomic E-state index is 13.4. The van der Waals surface area contributed by atoms with E-state index in [4.69, 9.17) is 0 Å². The maximum Gasteiger partial charge on any atom is 0.224 e. The van der Waals surface area contributed by atoms with Crippen LogP contribution in [0.25, 0.3) is 0 Å². The fraction of sp³-hybridized carbons (Fsp3) is 0.440. The van der Waals surface area contributed by atoms with Gasteiger partial charge in [0.25, 0.3) is 0 Å². The lowest BCUT2D eigenvalue weighted by Crippen LogP contribution is -2.47. The van der Waals surface area contributed by atoms with Gasteiger partial charge in [-0.25, -0.2) is 4.39 Å². The SMILES string of the molecule is O=C(NCCN1CCCc2ccccc21)C1CCC(=O)N(CCc2cccc(F)c2)C1. The van der Waals surface area contributed by atoms with Gasteiger partial charge < -0.3 is 15.1 Å². The Balaban J connectivity index is 1.25. The van der Waals surface area contributed by atoms with E-state index in [2.05, 4.69) is 34.5 Å². The van der Waals surface area contributed by atoms with Crippen molar-refractivity contribution in [1.82, 2.24) is 10.2 Å². The third kappa shape index (κ3) is 5.43. The highest BCUT2D eigenvalue weighted by Gasteiger charge is 2.30. The first-order valence-electron chi connectivity index (χ1n) is 11.2. The Hall–Kier alpha value is -2.89. The van der Waals surface area contributed by atoms with Gasteiger partial charge >= 0.3 is 0 Å². The molecule has 2 aliphatic rings. The lowest BCUT2D eigenvalue weighted by molar-refractivity contribution is -0.138. The minimum atomic E-state index is -0.268. The zero-order valence-electron chi connectivity index (χ0n) is 17.9. The summed E-state index contributed by atoms with van der Waals surface area (Å²) in [5.41, 5.74) is 3.51. The summed E-state index contributed by atoms with van der Waals surface area (Å²) in [4.78, 5) is 29.1. The van der Waals surface area contributed by atoms with Gasteiger partial charge in [-0.05, 0) is 55.0 Å². The van der Waals surface area contributed by atoms with Gasteiger partial charge in [0, 0.05) is 44.8 Å². The number of amides is 2. The summed E-state index contributed by atoms with van der Waals surface area (Å²) in [5.74, 6) is -0.353. The van der Waals surface area contributed by atoms with Crippen molar-refractivity contribution in [2.45, 2.75) is 32.1 Å². The smallest absolute Gasteiger partial charge is 0.224 e. The summed E-state index contributed by atoms with van der Waals surface area (Å²) in [6, 6.07) is 14.9. The minimum Gasteiger partial charge on any atom is -0.370 e. The number of aryl methyl sites for hydroxylation is 1. The molecule has 31 heavy (non-hydrogen) atoms. The molecule has 0 spiro atoms. The van der Waals surface area contributed by atoms with Crippen molar-refractivity contribution in [3.05, 3.63) is 65.5 Å². The number of anilines is 1. The lowest BCUT2D eigenvalue weighted by atomic mass is 9.96. The first-order valence-corrected chi connectivity index (χ1v) is 11.2. The lowest BCUT2D eigenvalue weighted by Gasteiger charge is -2.33. The molecule has 2 aliphatic heterocycles. The van der Waals surface area contributed by atoms with Crippen LogP contribution in [0.3, 0.4) is 0 Å². The minimum absolute atomic E-state index is 0.0218. The highest BCUT2D eigenvalue weighted by molar-refractivity contribution is 5.83. The first kappa shape index (κ1) is 21.3. The van der Waals surface area contributed by atoms with Crippen LogP contribution >= 0.6 is 0 Å². The fourth-order valence-electron chi connectivity index (χ4n) is 4.60. The maximum atomic E-state index is 13.4. The number of nitrogens with zero attached hydrogens (tertiary/aromatic N) is 2. The van der Waals surface area contributed by atoms with Crippen molar-refractivity contribution in [1.29, 1.82) is 0 Å². The Morgan fingerprint density at radius 2 is 1.94 bits per heavy atom. The summed E-state index contributed by atoms with van der Waals surface area (Å²) in [5, 5.41) is 3.08. The number of carbonyl (C=O) groups excluding carboxylic acids is 2. The number of nitrogens with one attached hydrogen (secondary N) is 1. The Bertz CT molecular complexity index is 932. The van der Waals surface area contributed by atoms with Gasteiger partial charge in [0.1, 0.15) is 5.82 Å². The van der Waals surface area contributed by atoms with E-state index in [1.54, 1.807) is 11.0 Å². The number of halogens is 1. The van der Waals surface area contributed by atoms with Crippen molar-refractivity contribution in [2.24, 2.45) is 5.92 Å². The molecule has 5 nitrogen and oxygen atoms in total. The summed E-state index contributed by atoms with van der Waals surface area (Å²) < 4.78 is 13.4. The second-order valence-corrected chi connectivity index (χ2v) is 8.47. The van der Waals surface area contributed by atoms with Crippen LogP contribution in [-0.4, -0.2) is 49.4 Å². The van der Waals surface area contributed by atoms with Crippen LogP contribution in [0, 0.1) is 11.7 Å². The van der Waals surface area contributed by atoms with Crippen molar-refractivity contribution in [3.63, 3.8) is 0 Å². The Kier molecular flexibility index (Phi) is 6.85. The topological polar surface area (TPSA) is 52.7 Å². The van der Waals surface area contributed by atoms with E-state index in [1.165, 1.54) is 23.4 Å². The van der Waals surface area contributed by atoms with E-state index >= 15 is 0 Å². The third-order valence-electron chi connectivity index (χ3n) is 6.32. The molecular weight excluding hydrogens is 393 g/mol. The highest BCUT2D eigenvalue weighted by Crippen LogP contribution is 2.26. The molecule has 0 aromatic heterocycles. The van der Waals surface area contributed by atoms with Gasteiger partial charge in [0.2, 0.25) is 11.8 Å². The first-order chi connectivity index (χ1) is 15.1. The largest absolute Gasteiger partial charge is 0.370 e. The second-order valence-electron chi connectivity index (χ2n) is 8.47. The number of hydrogen-bond acceptors (Lipinski definition) is 3. The van der Waals surface area contributed by atoms with Gasteiger partial charge in [-0.1, -0.05) is 30.3 Å². The Labute approximate surface area is 183 Å². The van der Waals surface area contributed by atoms with Crippen LogP contribution in [0.15, 0.2) is 48.5 Å². The molecule has 1 saturated heterocycles. The molecule has 4 rings (SSSR count). The predicted octanol–water partition coefficient (Wildman–Crippen LogP) is 3.18. The van der Waals surface area contributed by atoms with E-state index in [1.807, 2.05) is 6.07 Å². The number of fused-ring (bicyclic) bond motifs is 1. The van der Waals surface area contributed by atoms with Crippen molar-refractivity contribution < 1.29 is 14.0 Å². The van der Waals surface area contributed by atoms with Crippen molar-refractivity contribution >= 4 is 17.5 Å². The van der Waals surface area contributed by atoms with Gasteiger partial charge in [0.05, 0.1) is 5.92 Å². The molecule has 0 radical (unpaired) electrons. The summed E-state index contributed by atoms with van der Waals surface area (Å²) >= 11 is 0. The summed E-state index contributed by atoms with van der Waals surface area (Å²) in [7, 11) is 0. The van der Waals surface area contributed by atoms with Gasteiger partial charge in [-0.3, -0.25) is 9.59 Å². The van der Waals surface area contributed by atoms with Gasteiger partial charge in [-0.15, -0.1) is 0 Å². The number of hydrogen-bond donors (Lipinski definition) is 1. The highest BCUT2D eigenvalue weighted by atomic mass is 19.1. The van der Waals surface area contributed by atoms with Crippen LogP contribution in [0.2, 0.25) is 0 Å². The molecule has 1 unspecified atom stereocenters. The third-order valence-corrected chi connectivity index (χ3v) is 6.32. The zero-order chi connectivity index (χ0) is 21.6. The molecule has 2 heterocycles. The molecule has 0 bridgehead atoms. The molecule has 2 amide bonds. The molecule has 164 valence electrons. The molecule has 2 aromatic carbocycles. The fourth-order valence-corrected chi connectivity index (χ4v) is 4.60. The molecule has 1 N–H and O–H groups in total. The number of carbonyl (C=O) groups is 2. The average Bonchev–Trinajstić information content (AvgIpc) is 2.78. The van der Waals surface area contributed by atoms with Crippen molar-refractivity contribution in [3.8, 4) is 0 Å². The molecule has 1 atom stereocenters. The van der Waals surface area contributed by atoms with E-state index in [9.17, 15) is 14.0 Å². The quantitative estimate of drug-likeness (QED) is 0.744. The zero-order valence-corrected chi connectivity index (χ0v) is 17.9. The van der Waals surface area contributed by atoms with Crippen LogP contribution in [0.1, 0.15) is 30.4 Å². The predicted molar refractivity (Wildman–Crippen MR) is 119 cm³/mol. The second kappa shape index (κ2) is 9.94. The standard InChI is InChI=1S/C25H30FN3O2/c26-22-8-3-5-19(17-22)12-15-29-18-21(10-11-24(29)30)25(31)27-13-16-28-14-4-7-20-6-1-2-9-23(20)28/h1-3,5-6,8-9,17,21H,4,7,10-16,18H2,(H,27,31). The van der Waals surface area contributed by atoms with Gasteiger partial charge in [0.15, 0.2) is 0 Å². The van der Waals surface area contributed by atoms with Crippen LogP contribution in [0.4, 0.5) is 10.1 Å². The Morgan fingerprint density at radius 1 is 1.06 bits per heavy atom. The average molecular weight is 424 g/mol. The van der Waals surface area contributed by atoms with Crippen molar-refractivity contribution in [2.75, 3.05) is 37.6 Å². The van der Waals surface area contributed by atoms with Gasteiger partial charge in [-0.2, -0.15) is 0 Å². The molecule has 0 aliphatic carbocycles. The Morgan fingerprint density at radius 3 is 2.81 bits per heavy atom. The molecule has 0 saturated carbocycles. The molecule has 6 heteroatoms. The molecule has 2 aromatic rings. The van der Waals surface area contributed by atoms with Crippen LogP contribution in [0.5, 0.6) is 0 Å². The molecular formula is C25H30FN3O2. The summed E-state index contributed by atoms with van der Waals surface area (Å²) in [6.45, 7) is 3.35. The van der Waals surface area contributed by atoms with E-state index in [-0.39, 0.29) is 23.5 Å². The summed E-state index contributed by atoms with van der Waals surface area (Å²) in [6.07, 6.45) is 3.82.